The maximum atomic E-state index is 15.0. The Bertz CT molecular complexity index is 3170. The number of aliphatic imine (C=N–C) groups is 2. The molecule has 0 aliphatic carbocycles. The fourth-order valence-corrected chi connectivity index (χ4v) is 11.9. The summed E-state index contributed by atoms with van der Waals surface area (Å²) in [6.45, 7) is 1.89. The zero-order chi connectivity index (χ0) is 67.9. The Labute approximate surface area is 538 Å². The molecule has 508 valence electrons. The fourth-order valence-electron chi connectivity index (χ4n) is 11.9. The van der Waals surface area contributed by atoms with Gasteiger partial charge in [0.25, 0.3) is 0 Å². The van der Waals surface area contributed by atoms with Gasteiger partial charge in [-0.3, -0.25) is 57.9 Å². The number of likely N-dealkylation sites (tertiary alicyclic amines) is 3. The third kappa shape index (κ3) is 21.1. The van der Waals surface area contributed by atoms with E-state index >= 15 is 0 Å². The van der Waals surface area contributed by atoms with Crippen molar-refractivity contribution in [2.24, 2.45) is 50.1 Å². The lowest BCUT2D eigenvalue weighted by Gasteiger charge is -2.32. The normalized spacial score (nSPS) is 18.7. The Balaban J connectivity index is 1.24. The van der Waals surface area contributed by atoms with Crippen LogP contribution in [0.15, 0.2) is 70.8 Å². The van der Waals surface area contributed by atoms with Crippen molar-refractivity contribution in [3.05, 3.63) is 71.9 Å². The largest absolute Gasteiger partial charge is 0.480 e. The third-order valence-corrected chi connectivity index (χ3v) is 16.6. The number of carboxylic acids is 1. The van der Waals surface area contributed by atoms with Crippen LogP contribution in [-0.2, 0) is 65.6 Å². The topological polar surface area (TPSA) is 533 Å². The summed E-state index contributed by atoms with van der Waals surface area (Å²) in [5.74, 6) is -9.56. The van der Waals surface area contributed by atoms with Crippen LogP contribution in [0.3, 0.4) is 0 Å². The van der Waals surface area contributed by atoms with Gasteiger partial charge in [-0.2, -0.15) is 0 Å². The Hall–Kier alpha value is -9.43. The number of carbonyl (C=O) groups is 11. The number of unbranched alkanes of at least 4 members (excludes halogenated alkanes) is 1. The van der Waals surface area contributed by atoms with Gasteiger partial charge in [-0.15, -0.1) is 0 Å². The monoisotopic (exact) mass is 1300 g/mol. The molecule has 23 N–H and O–H groups in total. The molecule has 3 aliphatic heterocycles. The van der Waals surface area contributed by atoms with E-state index in [2.05, 4.69) is 46.9 Å². The molecule has 4 heterocycles. The van der Waals surface area contributed by atoms with Crippen LogP contribution in [0.4, 0.5) is 0 Å². The molecule has 0 spiro atoms. The van der Waals surface area contributed by atoms with E-state index < -0.39 is 138 Å². The number of aromatic amines is 1. The lowest BCUT2D eigenvalue weighted by molar-refractivity contribution is -0.149. The number of H-pyrrole nitrogens is 1. The van der Waals surface area contributed by atoms with Gasteiger partial charge in [0, 0.05) is 62.7 Å². The molecule has 11 atom stereocenters. The Kier molecular flexibility index (Phi) is 27.6. The summed E-state index contributed by atoms with van der Waals surface area (Å²) in [6, 6.07) is 2.57. The summed E-state index contributed by atoms with van der Waals surface area (Å²) in [6.07, 6.45) is 1.92. The van der Waals surface area contributed by atoms with Crippen LogP contribution in [-0.4, -0.2) is 213 Å². The molecule has 0 radical (unpaired) electrons. The predicted octanol–water partition coefficient (Wildman–Crippen LogP) is -4.26. The predicted molar refractivity (Wildman–Crippen MR) is 342 cm³/mol. The highest BCUT2D eigenvalue weighted by atomic mass is 16.4. The number of aliphatic hydroxyl groups excluding tert-OH is 1. The number of carboxylic acid groups (broad SMARTS) is 1. The van der Waals surface area contributed by atoms with Gasteiger partial charge in [-0.1, -0.05) is 48.5 Å². The first kappa shape index (κ1) is 72.6. The molecule has 0 saturated carbocycles. The molecule has 3 aromatic rings. The highest BCUT2D eigenvalue weighted by Crippen LogP contribution is 2.25. The van der Waals surface area contributed by atoms with E-state index in [1.54, 1.807) is 60.8 Å². The minimum absolute atomic E-state index is 0.00329. The number of aromatic nitrogens is 1. The maximum Gasteiger partial charge on any atom is 0.326 e. The summed E-state index contributed by atoms with van der Waals surface area (Å²) < 4.78 is 0. The number of aliphatic carboxylic acids is 1. The van der Waals surface area contributed by atoms with E-state index in [-0.39, 0.29) is 115 Å². The minimum Gasteiger partial charge on any atom is -0.480 e. The first-order valence-corrected chi connectivity index (χ1v) is 31.5. The number of fused-ring (bicyclic) bond motifs is 1. The van der Waals surface area contributed by atoms with Gasteiger partial charge in [0.15, 0.2) is 11.9 Å². The summed E-state index contributed by atoms with van der Waals surface area (Å²) in [7, 11) is 0. The average Bonchev–Trinajstić information content (AvgIpc) is 1.77. The summed E-state index contributed by atoms with van der Waals surface area (Å²) >= 11 is 0. The number of amides is 10. The first-order chi connectivity index (χ1) is 44.4. The van der Waals surface area contributed by atoms with Crippen molar-refractivity contribution in [1.82, 2.24) is 51.6 Å². The van der Waals surface area contributed by atoms with E-state index in [1.807, 2.05) is 0 Å². The molecule has 3 aliphatic rings. The first-order valence-electron chi connectivity index (χ1n) is 31.5. The quantitative estimate of drug-likeness (QED) is 0.0151. The summed E-state index contributed by atoms with van der Waals surface area (Å²) in [4.78, 5) is 168. The zero-order valence-corrected chi connectivity index (χ0v) is 52.3. The highest BCUT2D eigenvalue weighted by Gasteiger charge is 2.44. The Morgan fingerprint density at radius 1 is 0.570 bits per heavy atom. The lowest BCUT2D eigenvalue weighted by Crippen LogP contribution is -2.62. The third-order valence-electron chi connectivity index (χ3n) is 16.6. The Morgan fingerprint density at radius 2 is 1.05 bits per heavy atom. The van der Waals surface area contributed by atoms with Crippen LogP contribution < -0.4 is 72.0 Å². The molecule has 10 amide bonds. The number of nitrogens with one attached hydrogen (secondary N) is 7. The molecule has 32 nitrogen and oxygen atoms in total. The number of hydrogen-bond acceptors (Lipinski definition) is 16. The van der Waals surface area contributed by atoms with Crippen molar-refractivity contribution in [3.8, 4) is 0 Å². The van der Waals surface area contributed by atoms with Gasteiger partial charge in [0.1, 0.15) is 54.4 Å². The molecule has 32 heteroatoms. The van der Waals surface area contributed by atoms with E-state index in [1.165, 1.54) is 21.6 Å². The van der Waals surface area contributed by atoms with Crippen molar-refractivity contribution in [2.75, 3.05) is 39.3 Å². The van der Waals surface area contributed by atoms with E-state index in [0.29, 0.717) is 54.1 Å². The number of aliphatic hydroxyl groups is 1. The fraction of sp³-hybridized carbons (Fsp3) is 0.557. The van der Waals surface area contributed by atoms with E-state index in [4.69, 9.17) is 40.1 Å². The highest BCUT2D eigenvalue weighted by molar-refractivity contribution is 6.00. The SMILES string of the molecule is C[C@@H](O)[C@H](NC(=O)[C@@H]1CCCN1C(=O)[C@H](Cc1ccccc1)NC(=O)[C@@H]1CCCN1C(=O)[C@@H](N)CC(N)=O)C(=O)N[C@@H](Cc1c[nH]c2ccccc12)C(=O)N[C@@H](CCCN=C(N)N)C(=O)N[C@@H](CCCCN)C(=O)N[C@@H](CCCN=C(N)N)C(=O)N1CCC[C@H]1C(=O)O. The number of nitrogens with two attached hydrogens (primary N) is 7. The number of rotatable bonds is 35. The van der Waals surface area contributed by atoms with Crippen LogP contribution in [0.2, 0.25) is 0 Å². The number of nitrogens with zero attached hydrogens (tertiary/aromatic N) is 5. The van der Waals surface area contributed by atoms with Crippen LogP contribution in [0.1, 0.15) is 108 Å². The molecule has 0 unspecified atom stereocenters. The van der Waals surface area contributed by atoms with Gasteiger partial charge in [0.05, 0.1) is 18.6 Å². The van der Waals surface area contributed by atoms with Crippen LogP contribution in [0.5, 0.6) is 0 Å². The molecule has 2 aromatic carbocycles. The lowest BCUT2D eigenvalue weighted by atomic mass is 10.0. The minimum atomic E-state index is -1.76. The zero-order valence-electron chi connectivity index (χ0n) is 52.3. The van der Waals surface area contributed by atoms with Crippen LogP contribution in [0, 0.1) is 0 Å². The number of primary amides is 1. The smallest absolute Gasteiger partial charge is 0.326 e. The van der Waals surface area contributed by atoms with Crippen molar-refractivity contribution in [3.63, 3.8) is 0 Å². The molecule has 93 heavy (non-hydrogen) atoms. The van der Waals surface area contributed by atoms with E-state index in [0.717, 1.165) is 0 Å². The van der Waals surface area contributed by atoms with E-state index in [9.17, 15) is 63.0 Å². The second-order valence-corrected chi connectivity index (χ2v) is 23.7. The number of hydrogen-bond donors (Lipinski definition) is 16. The number of carbonyl (C=O) groups excluding carboxylic acids is 10. The second kappa shape index (κ2) is 35.4. The second-order valence-electron chi connectivity index (χ2n) is 23.7. The maximum absolute atomic E-state index is 15.0. The number of para-hydroxylation sites is 1. The molecular formula is C61H91N19O13. The van der Waals surface area contributed by atoms with Crippen LogP contribution >= 0.6 is 0 Å². The average molecular weight is 1300 g/mol. The molecule has 3 saturated heterocycles. The van der Waals surface area contributed by atoms with Gasteiger partial charge < -0.3 is 102 Å². The number of benzene rings is 2. The van der Waals surface area contributed by atoms with Gasteiger partial charge >= 0.3 is 5.97 Å². The summed E-state index contributed by atoms with van der Waals surface area (Å²) in [5, 5.41) is 38.2. The van der Waals surface area contributed by atoms with Crippen molar-refractivity contribution in [2.45, 2.75) is 176 Å². The van der Waals surface area contributed by atoms with Gasteiger partial charge in [-0.25, -0.2) is 4.79 Å². The van der Waals surface area contributed by atoms with Crippen molar-refractivity contribution in [1.29, 1.82) is 0 Å². The van der Waals surface area contributed by atoms with Crippen LogP contribution in [0.25, 0.3) is 10.9 Å². The standard InChI is InChI=1S/C61H91N19O13/c1-34(81)49(77-54(87)46-22-12-28-79(46)58(91)44(30-35-14-3-2-4-15-35)76-53(86)45-21-11-27-78(45)56(89)38(63)32-48(64)82)55(88)75-43(31-36-33-71-39-17-6-5-16-37(36)39)52(85)73-41(19-9-25-69-60(65)66)50(83)72-40(18-7-8-24-62)51(84)74-42(20-10-26-70-61(67)68)57(90)80-29-13-23-47(80)59(92)93/h2-6,14-17,33-34,38,40-47,49,71,81H,7-13,18-32,62-63H2,1H3,(H2,64,82)(H,72,83)(H,73,85)(H,74,84)(H,75,88)(H,76,86)(H,77,87)(H,92,93)(H4,65,66,69)(H4,67,68,70)/t34-,38+,40+,41+,42+,43+,44+,45+,46+,47+,49+/m1/s1. The number of guanidine groups is 2. The molecular weight excluding hydrogens is 1210 g/mol. The summed E-state index contributed by atoms with van der Waals surface area (Å²) in [5.41, 5.74) is 41.3. The molecule has 1 aromatic heterocycles. The molecule has 0 bridgehead atoms. The van der Waals surface area contributed by atoms with Gasteiger partial charge in [-0.05, 0) is 114 Å². The molecule has 6 rings (SSSR count). The Morgan fingerprint density at radius 3 is 1.61 bits per heavy atom. The van der Waals surface area contributed by atoms with Crippen molar-refractivity contribution < 1.29 is 63.0 Å². The molecule has 3 fully saturated rings. The van der Waals surface area contributed by atoms with Crippen molar-refractivity contribution >= 4 is 87.9 Å². The van der Waals surface area contributed by atoms with Gasteiger partial charge in [0.2, 0.25) is 59.1 Å².